The maximum absolute atomic E-state index is 13.1. The molecular formula is C21H16F3NO2. The highest BCUT2D eigenvalue weighted by Gasteiger charge is 2.31. The number of carbonyl (C=O) groups is 1. The Kier molecular flexibility index (Phi) is 5.16. The highest BCUT2D eigenvalue weighted by molar-refractivity contribution is 6.05. The minimum atomic E-state index is -4.53. The number of nitrogens with one attached hydrogen (secondary N) is 1. The van der Waals surface area contributed by atoms with Crippen molar-refractivity contribution in [3.8, 4) is 11.5 Å². The molecule has 0 saturated carbocycles. The van der Waals surface area contributed by atoms with Crippen LogP contribution in [0.5, 0.6) is 11.5 Å². The Balaban J connectivity index is 1.94. The van der Waals surface area contributed by atoms with E-state index in [0.717, 1.165) is 17.7 Å². The fraction of sp³-hybridized carbons (Fsp3) is 0.0952. The van der Waals surface area contributed by atoms with Gasteiger partial charge in [0.15, 0.2) is 5.75 Å². The fourth-order valence-corrected chi connectivity index (χ4v) is 2.41. The van der Waals surface area contributed by atoms with E-state index < -0.39 is 17.6 Å². The molecule has 27 heavy (non-hydrogen) atoms. The number of rotatable bonds is 4. The molecule has 138 valence electrons. The minimum Gasteiger partial charge on any atom is -0.455 e. The maximum atomic E-state index is 13.1. The highest BCUT2D eigenvalue weighted by Crippen LogP contribution is 2.37. The molecule has 0 saturated heterocycles. The smallest absolute Gasteiger partial charge is 0.416 e. The topological polar surface area (TPSA) is 38.3 Å². The molecule has 1 N–H and O–H groups in total. The normalized spacial score (nSPS) is 11.1. The van der Waals surface area contributed by atoms with E-state index in [2.05, 4.69) is 5.32 Å². The molecule has 0 aliphatic rings. The molecule has 3 aromatic carbocycles. The van der Waals surface area contributed by atoms with Crippen molar-refractivity contribution in [2.45, 2.75) is 13.1 Å². The molecule has 3 rings (SSSR count). The first-order chi connectivity index (χ1) is 12.8. The van der Waals surface area contributed by atoms with Gasteiger partial charge in [0.05, 0.1) is 11.3 Å². The molecule has 3 aromatic rings. The first-order valence-corrected chi connectivity index (χ1v) is 8.15. The van der Waals surface area contributed by atoms with Crippen molar-refractivity contribution in [3.05, 3.63) is 89.5 Å². The van der Waals surface area contributed by atoms with Gasteiger partial charge in [-0.25, -0.2) is 0 Å². The molecule has 0 radical (unpaired) electrons. The zero-order chi connectivity index (χ0) is 19.4. The van der Waals surface area contributed by atoms with Crippen LogP contribution in [0.15, 0.2) is 72.8 Å². The van der Waals surface area contributed by atoms with Crippen LogP contribution >= 0.6 is 0 Å². The molecule has 1 amide bonds. The van der Waals surface area contributed by atoms with E-state index in [-0.39, 0.29) is 11.4 Å². The number of alkyl halides is 3. The molecule has 0 heterocycles. The van der Waals surface area contributed by atoms with Gasteiger partial charge in [-0.3, -0.25) is 4.79 Å². The molecule has 0 unspecified atom stereocenters. The summed E-state index contributed by atoms with van der Waals surface area (Å²) in [6, 6.07) is 18.3. The number of carbonyl (C=O) groups excluding carboxylic acids is 1. The summed E-state index contributed by atoms with van der Waals surface area (Å²) in [4.78, 5) is 12.4. The van der Waals surface area contributed by atoms with E-state index in [9.17, 15) is 18.0 Å². The number of anilines is 1. The standard InChI is InChI=1S/C21H16F3NO2/c1-14-7-10-17(11-8-14)27-19-12-9-16(21(22,23)24)13-18(19)25-20(26)15-5-3-2-4-6-15/h2-13H,1H3,(H,25,26). The maximum Gasteiger partial charge on any atom is 0.416 e. The van der Waals surface area contributed by atoms with Crippen molar-refractivity contribution in [1.82, 2.24) is 0 Å². The van der Waals surface area contributed by atoms with Gasteiger partial charge in [0.25, 0.3) is 5.91 Å². The van der Waals surface area contributed by atoms with Crippen LogP contribution in [0.2, 0.25) is 0 Å². The van der Waals surface area contributed by atoms with Crippen LogP contribution in [0.3, 0.4) is 0 Å². The Morgan fingerprint density at radius 1 is 0.926 bits per heavy atom. The molecule has 6 heteroatoms. The van der Waals surface area contributed by atoms with Gasteiger partial charge in [0.1, 0.15) is 5.75 Å². The van der Waals surface area contributed by atoms with Crippen LogP contribution in [0, 0.1) is 6.92 Å². The summed E-state index contributed by atoms with van der Waals surface area (Å²) in [5.41, 5.74) is 0.421. The number of hydrogen-bond donors (Lipinski definition) is 1. The van der Waals surface area contributed by atoms with E-state index in [1.165, 1.54) is 6.07 Å². The fourth-order valence-electron chi connectivity index (χ4n) is 2.41. The third kappa shape index (κ3) is 4.67. The second-order valence-corrected chi connectivity index (χ2v) is 5.94. The Morgan fingerprint density at radius 2 is 1.59 bits per heavy atom. The van der Waals surface area contributed by atoms with Gasteiger partial charge in [0, 0.05) is 5.56 Å². The van der Waals surface area contributed by atoms with Crippen molar-refractivity contribution in [2.75, 3.05) is 5.32 Å². The number of hydrogen-bond acceptors (Lipinski definition) is 2. The van der Waals surface area contributed by atoms with Crippen molar-refractivity contribution in [1.29, 1.82) is 0 Å². The lowest BCUT2D eigenvalue weighted by molar-refractivity contribution is -0.137. The quantitative estimate of drug-likeness (QED) is 0.605. The zero-order valence-electron chi connectivity index (χ0n) is 14.4. The van der Waals surface area contributed by atoms with Gasteiger partial charge in [-0.1, -0.05) is 35.9 Å². The summed E-state index contributed by atoms with van der Waals surface area (Å²) in [7, 11) is 0. The Morgan fingerprint density at radius 3 is 2.22 bits per heavy atom. The number of halogens is 3. The van der Waals surface area contributed by atoms with E-state index >= 15 is 0 Å². The first kappa shape index (κ1) is 18.5. The molecule has 0 aliphatic carbocycles. The Labute approximate surface area is 154 Å². The minimum absolute atomic E-state index is 0.0562. The molecule has 0 aliphatic heterocycles. The van der Waals surface area contributed by atoms with Crippen molar-refractivity contribution < 1.29 is 22.7 Å². The van der Waals surface area contributed by atoms with E-state index in [1.807, 2.05) is 19.1 Å². The number of ether oxygens (including phenoxy) is 1. The Hall–Kier alpha value is -3.28. The summed E-state index contributed by atoms with van der Waals surface area (Å²) in [6.07, 6.45) is -4.53. The van der Waals surface area contributed by atoms with Crippen LogP contribution in [0.1, 0.15) is 21.5 Å². The van der Waals surface area contributed by atoms with Crippen LogP contribution in [0.25, 0.3) is 0 Å². The van der Waals surface area contributed by atoms with E-state index in [0.29, 0.717) is 11.3 Å². The second-order valence-electron chi connectivity index (χ2n) is 5.94. The van der Waals surface area contributed by atoms with Gasteiger partial charge >= 0.3 is 6.18 Å². The predicted octanol–water partition coefficient (Wildman–Crippen LogP) is 6.06. The van der Waals surface area contributed by atoms with Gasteiger partial charge < -0.3 is 10.1 Å². The summed E-state index contributed by atoms with van der Waals surface area (Å²) in [5, 5.41) is 2.51. The second kappa shape index (κ2) is 7.53. The van der Waals surface area contributed by atoms with Crippen molar-refractivity contribution in [3.63, 3.8) is 0 Å². The van der Waals surface area contributed by atoms with Crippen LogP contribution < -0.4 is 10.1 Å². The summed E-state index contributed by atoms with van der Waals surface area (Å²) >= 11 is 0. The first-order valence-electron chi connectivity index (χ1n) is 8.15. The number of aryl methyl sites for hydroxylation is 1. The summed E-state index contributed by atoms with van der Waals surface area (Å²) in [6.45, 7) is 1.91. The predicted molar refractivity (Wildman–Crippen MR) is 97.1 cm³/mol. The molecular weight excluding hydrogens is 355 g/mol. The van der Waals surface area contributed by atoms with E-state index in [1.54, 1.807) is 42.5 Å². The summed E-state index contributed by atoms with van der Waals surface area (Å²) in [5.74, 6) is 0.0513. The lowest BCUT2D eigenvalue weighted by Gasteiger charge is -2.15. The van der Waals surface area contributed by atoms with Gasteiger partial charge in [-0.15, -0.1) is 0 Å². The molecule has 0 bridgehead atoms. The number of benzene rings is 3. The largest absolute Gasteiger partial charge is 0.455 e. The van der Waals surface area contributed by atoms with Gasteiger partial charge in [-0.05, 0) is 49.4 Å². The average Bonchev–Trinajstić information content (AvgIpc) is 2.64. The molecule has 0 atom stereocenters. The lowest BCUT2D eigenvalue weighted by Crippen LogP contribution is -2.14. The van der Waals surface area contributed by atoms with Gasteiger partial charge in [-0.2, -0.15) is 13.2 Å². The molecule has 0 fully saturated rings. The third-order valence-electron chi connectivity index (χ3n) is 3.84. The van der Waals surface area contributed by atoms with Crippen molar-refractivity contribution in [2.24, 2.45) is 0 Å². The average molecular weight is 371 g/mol. The zero-order valence-corrected chi connectivity index (χ0v) is 14.4. The molecule has 0 spiro atoms. The lowest BCUT2D eigenvalue weighted by atomic mass is 10.1. The monoisotopic (exact) mass is 371 g/mol. The number of amides is 1. The third-order valence-corrected chi connectivity index (χ3v) is 3.84. The Bertz CT molecular complexity index is 936. The van der Waals surface area contributed by atoms with Crippen LogP contribution in [-0.2, 0) is 6.18 Å². The van der Waals surface area contributed by atoms with Crippen LogP contribution in [-0.4, -0.2) is 5.91 Å². The summed E-state index contributed by atoms with van der Waals surface area (Å²) < 4.78 is 44.9. The molecule has 0 aromatic heterocycles. The van der Waals surface area contributed by atoms with E-state index in [4.69, 9.17) is 4.74 Å². The SMILES string of the molecule is Cc1ccc(Oc2ccc(C(F)(F)F)cc2NC(=O)c2ccccc2)cc1. The van der Waals surface area contributed by atoms with Gasteiger partial charge in [0.2, 0.25) is 0 Å². The van der Waals surface area contributed by atoms with Crippen LogP contribution in [0.4, 0.5) is 18.9 Å². The molecule has 3 nitrogen and oxygen atoms in total. The highest BCUT2D eigenvalue weighted by atomic mass is 19.4. The van der Waals surface area contributed by atoms with Crippen molar-refractivity contribution >= 4 is 11.6 Å².